The van der Waals surface area contributed by atoms with Crippen LogP contribution in [0.15, 0.2) is 47.4 Å². The van der Waals surface area contributed by atoms with Crippen molar-refractivity contribution in [3.8, 4) is 0 Å². The molecule has 2 aromatic rings. The van der Waals surface area contributed by atoms with Crippen molar-refractivity contribution in [2.75, 3.05) is 0 Å². The van der Waals surface area contributed by atoms with Crippen LogP contribution in [-0.4, -0.2) is 13.4 Å². The van der Waals surface area contributed by atoms with Gasteiger partial charge in [0.05, 0.1) is 4.90 Å². The minimum atomic E-state index is -3.69. The highest BCUT2D eigenvalue weighted by atomic mass is 32.2. The summed E-state index contributed by atoms with van der Waals surface area (Å²) in [6, 6.07) is 13.1. The topological polar surface area (TPSA) is 73.1 Å². The monoisotopic (exact) mass is 316 g/mol. The van der Waals surface area contributed by atoms with Crippen molar-refractivity contribution in [3.05, 3.63) is 59.4 Å². The molecule has 1 aromatic heterocycles. The Morgan fingerprint density at radius 2 is 1.82 bits per heavy atom. The molecule has 0 radical (unpaired) electrons. The van der Waals surface area contributed by atoms with Gasteiger partial charge in [-0.15, -0.1) is 0 Å². The van der Waals surface area contributed by atoms with Gasteiger partial charge in [-0.25, -0.2) is 13.6 Å². The van der Waals surface area contributed by atoms with Gasteiger partial charge >= 0.3 is 0 Å². The SMILES string of the molecule is CC(C)c1cccc(C2CC2c2ccccc2S(N)(=O)=O)n1. The van der Waals surface area contributed by atoms with E-state index in [1.807, 2.05) is 30.3 Å². The first-order valence-electron chi connectivity index (χ1n) is 7.46. The zero-order valence-corrected chi connectivity index (χ0v) is 13.5. The van der Waals surface area contributed by atoms with Gasteiger partial charge in [0.25, 0.3) is 0 Å². The lowest BCUT2D eigenvalue weighted by Crippen LogP contribution is -2.14. The van der Waals surface area contributed by atoms with Crippen LogP contribution in [0.25, 0.3) is 0 Å². The van der Waals surface area contributed by atoms with Gasteiger partial charge in [-0.1, -0.05) is 38.1 Å². The lowest BCUT2D eigenvalue weighted by Gasteiger charge is -2.09. The van der Waals surface area contributed by atoms with E-state index in [0.717, 1.165) is 23.4 Å². The predicted octanol–water partition coefficient (Wildman–Crippen LogP) is 3.12. The third kappa shape index (κ3) is 2.91. The molecule has 0 bridgehead atoms. The smallest absolute Gasteiger partial charge is 0.238 e. The summed E-state index contributed by atoms with van der Waals surface area (Å²) in [5.41, 5.74) is 2.93. The summed E-state index contributed by atoms with van der Waals surface area (Å²) in [5.74, 6) is 0.847. The van der Waals surface area contributed by atoms with E-state index in [2.05, 4.69) is 13.8 Å². The first-order valence-corrected chi connectivity index (χ1v) is 9.01. The number of aromatic nitrogens is 1. The number of rotatable bonds is 4. The van der Waals surface area contributed by atoms with Gasteiger partial charge in [-0.05, 0) is 42.0 Å². The largest absolute Gasteiger partial charge is 0.257 e. The van der Waals surface area contributed by atoms with E-state index in [0.29, 0.717) is 5.92 Å². The zero-order chi connectivity index (χ0) is 15.9. The van der Waals surface area contributed by atoms with Crippen molar-refractivity contribution >= 4 is 10.0 Å². The number of nitrogens with zero attached hydrogens (tertiary/aromatic N) is 1. The molecule has 2 unspecified atom stereocenters. The summed E-state index contributed by atoms with van der Waals surface area (Å²) >= 11 is 0. The summed E-state index contributed by atoms with van der Waals surface area (Å²) in [5, 5.41) is 5.33. The van der Waals surface area contributed by atoms with E-state index in [4.69, 9.17) is 10.1 Å². The highest BCUT2D eigenvalue weighted by Gasteiger charge is 2.42. The third-order valence-electron chi connectivity index (χ3n) is 4.18. The highest BCUT2D eigenvalue weighted by molar-refractivity contribution is 7.89. The average Bonchev–Trinajstić information content (AvgIpc) is 3.27. The van der Waals surface area contributed by atoms with Crippen molar-refractivity contribution in [1.29, 1.82) is 0 Å². The van der Waals surface area contributed by atoms with Crippen molar-refractivity contribution in [2.45, 2.75) is 42.9 Å². The Morgan fingerprint density at radius 3 is 2.50 bits per heavy atom. The molecule has 22 heavy (non-hydrogen) atoms. The quantitative estimate of drug-likeness (QED) is 0.942. The van der Waals surface area contributed by atoms with Crippen LogP contribution in [0.3, 0.4) is 0 Å². The lowest BCUT2D eigenvalue weighted by atomic mass is 10.1. The normalized spacial score (nSPS) is 21.1. The molecule has 1 aromatic carbocycles. The van der Waals surface area contributed by atoms with Crippen LogP contribution in [0.5, 0.6) is 0 Å². The van der Waals surface area contributed by atoms with Gasteiger partial charge in [0.1, 0.15) is 0 Å². The molecule has 1 saturated carbocycles. The van der Waals surface area contributed by atoms with Crippen LogP contribution in [-0.2, 0) is 10.0 Å². The van der Waals surface area contributed by atoms with Crippen molar-refractivity contribution < 1.29 is 8.42 Å². The van der Waals surface area contributed by atoms with Crippen molar-refractivity contribution in [1.82, 2.24) is 4.98 Å². The molecule has 4 nitrogen and oxygen atoms in total. The van der Waals surface area contributed by atoms with Crippen LogP contribution >= 0.6 is 0 Å². The number of pyridine rings is 1. The summed E-state index contributed by atoms with van der Waals surface area (Å²) in [6.07, 6.45) is 0.918. The zero-order valence-electron chi connectivity index (χ0n) is 12.7. The fraction of sp³-hybridized carbons (Fsp3) is 0.353. The number of hydrogen-bond acceptors (Lipinski definition) is 3. The molecule has 0 amide bonds. The number of primary sulfonamides is 1. The molecule has 1 fully saturated rings. The van der Waals surface area contributed by atoms with E-state index in [-0.39, 0.29) is 16.7 Å². The maximum Gasteiger partial charge on any atom is 0.238 e. The first-order chi connectivity index (χ1) is 10.4. The summed E-state index contributed by atoms with van der Waals surface area (Å²) in [4.78, 5) is 4.96. The second-order valence-corrected chi connectivity index (χ2v) is 7.70. The molecule has 2 atom stereocenters. The Hall–Kier alpha value is -1.72. The standard InChI is InChI=1S/C17H20N2O2S/c1-11(2)15-7-5-8-16(19-15)14-10-13(14)12-6-3-4-9-17(12)22(18,20)21/h3-9,11,13-14H,10H2,1-2H3,(H2,18,20,21). The molecule has 1 aliphatic rings. The molecule has 0 aliphatic heterocycles. The Bertz CT molecular complexity index is 800. The number of nitrogens with two attached hydrogens (primary N) is 1. The number of sulfonamides is 1. The van der Waals surface area contributed by atoms with Crippen molar-refractivity contribution in [2.24, 2.45) is 5.14 Å². The van der Waals surface area contributed by atoms with E-state index in [9.17, 15) is 8.42 Å². The van der Waals surface area contributed by atoms with Crippen LogP contribution < -0.4 is 5.14 Å². The highest BCUT2D eigenvalue weighted by Crippen LogP contribution is 2.55. The predicted molar refractivity (Wildman–Crippen MR) is 86.2 cm³/mol. The van der Waals surface area contributed by atoms with Gasteiger partial charge in [0.2, 0.25) is 10.0 Å². The molecular weight excluding hydrogens is 296 g/mol. The van der Waals surface area contributed by atoms with Crippen LogP contribution in [0.2, 0.25) is 0 Å². The Morgan fingerprint density at radius 1 is 1.09 bits per heavy atom. The van der Waals surface area contributed by atoms with Crippen LogP contribution in [0.4, 0.5) is 0 Å². The lowest BCUT2D eigenvalue weighted by molar-refractivity contribution is 0.596. The fourth-order valence-corrected chi connectivity index (χ4v) is 3.72. The molecule has 3 rings (SSSR count). The first kappa shape index (κ1) is 15.2. The fourth-order valence-electron chi connectivity index (χ4n) is 2.91. The van der Waals surface area contributed by atoms with Gasteiger partial charge in [-0.3, -0.25) is 4.98 Å². The molecule has 1 aliphatic carbocycles. The van der Waals surface area contributed by atoms with Crippen molar-refractivity contribution in [3.63, 3.8) is 0 Å². The van der Waals surface area contributed by atoms with Crippen LogP contribution in [0.1, 0.15) is 55.0 Å². The Kier molecular flexibility index (Phi) is 3.78. The van der Waals surface area contributed by atoms with E-state index in [1.165, 1.54) is 0 Å². The van der Waals surface area contributed by atoms with E-state index >= 15 is 0 Å². The van der Waals surface area contributed by atoms with E-state index in [1.54, 1.807) is 12.1 Å². The van der Waals surface area contributed by atoms with Gasteiger partial charge in [-0.2, -0.15) is 0 Å². The van der Waals surface area contributed by atoms with Gasteiger partial charge in [0.15, 0.2) is 0 Å². The minimum Gasteiger partial charge on any atom is -0.257 e. The molecule has 0 saturated heterocycles. The molecule has 2 N–H and O–H groups in total. The average molecular weight is 316 g/mol. The molecular formula is C17H20N2O2S. The summed E-state index contributed by atoms with van der Waals surface area (Å²) < 4.78 is 23.5. The van der Waals surface area contributed by atoms with E-state index < -0.39 is 10.0 Å². The molecule has 116 valence electrons. The Labute approximate surface area is 131 Å². The number of benzene rings is 1. The molecule has 5 heteroatoms. The van der Waals surface area contributed by atoms with Gasteiger partial charge < -0.3 is 0 Å². The second-order valence-electron chi connectivity index (χ2n) is 6.17. The van der Waals surface area contributed by atoms with Crippen LogP contribution in [0, 0.1) is 0 Å². The second kappa shape index (κ2) is 5.48. The third-order valence-corrected chi connectivity index (χ3v) is 5.16. The summed E-state index contributed by atoms with van der Waals surface area (Å²) in [7, 11) is -3.69. The minimum absolute atomic E-state index is 0.185. The molecule has 1 heterocycles. The molecule has 0 spiro atoms. The number of hydrogen-bond donors (Lipinski definition) is 1. The van der Waals surface area contributed by atoms with Gasteiger partial charge in [0, 0.05) is 17.3 Å². The summed E-state index contributed by atoms with van der Waals surface area (Å²) in [6.45, 7) is 4.24. The Balaban J connectivity index is 1.91. The maximum absolute atomic E-state index is 11.7. The maximum atomic E-state index is 11.7.